The quantitative estimate of drug-likeness (QED) is 0.291. The van der Waals surface area contributed by atoms with E-state index in [0.717, 1.165) is 0 Å². The van der Waals surface area contributed by atoms with Crippen molar-refractivity contribution in [3.05, 3.63) is 107 Å². The molecule has 33 heavy (non-hydrogen) atoms. The third kappa shape index (κ3) is 6.05. The lowest BCUT2D eigenvalue weighted by Gasteiger charge is -2.11. The number of carbonyl (C=O) groups excluding carboxylic acids is 3. The summed E-state index contributed by atoms with van der Waals surface area (Å²) in [7, 11) is 0. The Morgan fingerprint density at radius 2 is 1.15 bits per heavy atom. The molecular weight excluding hydrogens is 436 g/mol. The maximum Gasteiger partial charge on any atom is 0.323 e. The summed E-state index contributed by atoms with van der Waals surface area (Å²) in [5.74, 6) is -0.566. The summed E-state index contributed by atoms with van der Waals surface area (Å²) in [6, 6.07) is 25.8. The van der Waals surface area contributed by atoms with Gasteiger partial charge in [-0.1, -0.05) is 36.4 Å². The predicted molar refractivity (Wildman–Crippen MR) is 132 cm³/mol. The fourth-order valence-corrected chi connectivity index (χ4v) is 3.65. The Kier molecular flexibility index (Phi) is 6.77. The van der Waals surface area contributed by atoms with Gasteiger partial charge in [0.25, 0.3) is 11.8 Å². The van der Waals surface area contributed by atoms with Crippen molar-refractivity contribution in [1.29, 1.82) is 0 Å². The highest BCUT2D eigenvalue weighted by Gasteiger charge is 2.11. The van der Waals surface area contributed by atoms with Crippen molar-refractivity contribution in [3.63, 3.8) is 0 Å². The van der Waals surface area contributed by atoms with Gasteiger partial charge in [0.2, 0.25) is 0 Å². The van der Waals surface area contributed by atoms with Crippen LogP contribution in [0.1, 0.15) is 20.0 Å². The van der Waals surface area contributed by atoms with E-state index in [-0.39, 0.29) is 17.8 Å². The SMILES string of the molecule is O=C(Nc1ccccc1)Nc1cccc(NC(=O)c2cccc(NC(=O)c3cccs3)c2)c1. The van der Waals surface area contributed by atoms with Crippen LogP contribution in [-0.2, 0) is 0 Å². The maximum atomic E-state index is 12.7. The van der Waals surface area contributed by atoms with E-state index in [0.29, 0.717) is 33.2 Å². The van der Waals surface area contributed by atoms with Crippen molar-refractivity contribution in [2.75, 3.05) is 21.3 Å². The molecule has 1 aromatic heterocycles. The van der Waals surface area contributed by atoms with Crippen molar-refractivity contribution < 1.29 is 14.4 Å². The molecule has 0 spiro atoms. The molecule has 0 aliphatic carbocycles. The highest BCUT2D eigenvalue weighted by atomic mass is 32.1. The van der Waals surface area contributed by atoms with Gasteiger partial charge in [-0.05, 0) is 60.0 Å². The van der Waals surface area contributed by atoms with E-state index in [1.165, 1.54) is 11.3 Å². The molecule has 4 N–H and O–H groups in total. The minimum absolute atomic E-state index is 0.227. The van der Waals surface area contributed by atoms with Crippen LogP contribution in [0.5, 0.6) is 0 Å². The van der Waals surface area contributed by atoms with Gasteiger partial charge in [-0.3, -0.25) is 9.59 Å². The average molecular weight is 457 g/mol. The number of hydrogen-bond acceptors (Lipinski definition) is 4. The zero-order chi connectivity index (χ0) is 23.0. The average Bonchev–Trinajstić information content (AvgIpc) is 3.35. The topological polar surface area (TPSA) is 99.3 Å². The van der Waals surface area contributed by atoms with Gasteiger partial charge in [-0.25, -0.2) is 4.79 Å². The van der Waals surface area contributed by atoms with Crippen molar-refractivity contribution in [3.8, 4) is 0 Å². The Bertz CT molecular complexity index is 1270. The van der Waals surface area contributed by atoms with Crippen LogP contribution in [0.2, 0.25) is 0 Å². The van der Waals surface area contributed by atoms with Crippen molar-refractivity contribution in [2.45, 2.75) is 0 Å². The zero-order valence-corrected chi connectivity index (χ0v) is 18.2. The molecule has 4 aromatic rings. The number of para-hydroxylation sites is 1. The van der Waals surface area contributed by atoms with Crippen LogP contribution in [0.15, 0.2) is 96.4 Å². The standard InChI is InChI=1S/C25H20N4O3S/c30-23(17-7-4-10-19(15-17)27-24(31)22-13-6-14-33-22)26-20-11-5-12-21(16-20)29-25(32)28-18-8-2-1-3-9-18/h1-16H,(H,26,30)(H,27,31)(H2,28,29,32). The molecule has 164 valence electrons. The molecule has 1 heterocycles. The molecule has 0 bridgehead atoms. The Labute approximate surface area is 194 Å². The van der Waals surface area contributed by atoms with Crippen molar-refractivity contribution >= 4 is 51.9 Å². The summed E-state index contributed by atoms with van der Waals surface area (Å²) in [4.78, 5) is 37.8. The lowest BCUT2D eigenvalue weighted by molar-refractivity contribution is 0.101. The van der Waals surface area contributed by atoms with Crippen LogP contribution in [0, 0.1) is 0 Å². The monoisotopic (exact) mass is 456 g/mol. The number of urea groups is 1. The van der Waals surface area contributed by atoms with Crippen LogP contribution in [-0.4, -0.2) is 17.8 Å². The van der Waals surface area contributed by atoms with Gasteiger partial charge in [-0.15, -0.1) is 11.3 Å². The van der Waals surface area contributed by atoms with E-state index in [1.807, 2.05) is 23.6 Å². The van der Waals surface area contributed by atoms with Gasteiger partial charge in [0.1, 0.15) is 0 Å². The molecule has 7 nitrogen and oxygen atoms in total. The molecule has 8 heteroatoms. The highest BCUT2D eigenvalue weighted by molar-refractivity contribution is 7.12. The molecule has 0 unspecified atom stereocenters. The van der Waals surface area contributed by atoms with Gasteiger partial charge >= 0.3 is 6.03 Å². The molecule has 0 aliphatic heterocycles. The van der Waals surface area contributed by atoms with Crippen LogP contribution in [0.4, 0.5) is 27.5 Å². The summed E-state index contributed by atoms with van der Waals surface area (Å²) < 4.78 is 0. The third-order valence-electron chi connectivity index (χ3n) is 4.54. The van der Waals surface area contributed by atoms with Gasteiger partial charge < -0.3 is 21.3 Å². The van der Waals surface area contributed by atoms with Crippen LogP contribution in [0.3, 0.4) is 0 Å². The summed E-state index contributed by atoms with van der Waals surface area (Å²) in [5, 5.41) is 12.9. The van der Waals surface area contributed by atoms with E-state index >= 15 is 0 Å². The first-order valence-corrected chi connectivity index (χ1v) is 10.9. The minimum atomic E-state index is -0.390. The molecule has 0 fully saturated rings. The second-order valence-electron chi connectivity index (χ2n) is 6.99. The Balaban J connectivity index is 1.38. The zero-order valence-electron chi connectivity index (χ0n) is 17.4. The first-order valence-electron chi connectivity index (χ1n) is 10.1. The number of benzene rings is 3. The van der Waals surface area contributed by atoms with Crippen molar-refractivity contribution in [2.24, 2.45) is 0 Å². The van der Waals surface area contributed by atoms with Crippen LogP contribution >= 0.6 is 11.3 Å². The van der Waals surface area contributed by atoms with E-state index in [9.17, 15) is 14.4 Å². The normalized spacial score (nSPS) is 10.2. The van der Waals surface area contributed by atoms with Crippen LogP contribution in [0.25, 0.3) is 0 Å². The lowest BCUT2D eigenvalue weighted by Crippen LogP contribution is -2.19. The Morgan fingerprint density at radius 3 is 1.88 bits per heavy atom. The largest absolute Gasteiger partial charge is 0.323 e. The molecule has 3 aromatic carbocycles. The fraction of sp³-hybridized carbons (Fsp3) is 0. The van der Waals surface area contributed by atoms with Crippen molar-refractivity contribution in [1.82, 2.24) is 0 Å². The van der Waals surface area contributed by atoms with Crippen LogP contribution < -0.4 is 21.3 Å². The molecular formula is C25H20N4O3S. The van der Waals surface area contributed by atoms with E-state index in [1.54, 1.807) is 72.8 Å². The van der Waals surface area contributed by atoms with Gasteiger partial charge in [0, 0.05) is 28.3 Å². The fourth-order valence-electron chi connectivity index (χ4n) is 3.03. The number of hydrogen-bond donors (Lipinski definition) is 4. The highest BCUT2D eigenvalue weighted by Crippen LogP contribution is 2.19. The smallest absolute Gasteiger partial charge is 0.322 e. The first-order chi connectivity index (χ1) is 16.1. The molecule has 0 aliphatic rings. The lowest BCUT2D eigenvalue weighted by atomic mass is 10.1. The van der Waals surface area contributed by atoms with Gasteiger partial charge in [0.05, 0.1) is 4.88 Å². The molecule has 0 saturated heterocycles. The summed E-state index contributed by atoms with van der Waals surface area (Å²) in [6.45, 7) is 0. The van der Waals surface area contributed by atoms with E-state index in [2.05, 4.69) is 21.3 Å². The van der Waals surface area contributed by atoms with Gasteiger partial charge in [-0.2, -0.15) is 0 Å². The number of anilines is 4. The predicted octanol–water partition coefficient (Wildman–Crippen LogP) is 5.90. The molecule has 4 amide bonds. The molecule has 0 radical (unpaired) electrons. The third-order valence-corrected chi connectivity index (χ3v) is 5.41. The number of rotatable bonds is 6. The summed E-state index contributed by atoms with van der Waals surface area (Å²) in [6.07, 6.45) is 0. The molecule has 4 rings (SSSR count). The number of nitrogens with one attached hydrogen (secondary N) is 4. The number of thiophene rings is 1. The van der Waals surface area contributed by atoms with E-state index < -0.39 is 0 Å². The summed E-state index contributed by atoms with van der Waals surface area (Å²) in [5.41, 5.74) is 2.63. The summed E-state index contributed by atoms with van der Waals surface area (Å²) >= 11 is 1.34. The Morgan fingerprint density at radius 1 is 0.545 bits per heavy atom. The number of amides is 4. The van der Waals surface area contributed by atoms with Gasteiger partial charge in [0.15, 0.2) is 0 Å². The Hall–Kier alpha value is -4.43. The second kappa shape index (κ2) is 10.3. The molecule has 0 saturated carbocycles. The second-order valence-corrected chi connectivity index (χ2v) is 7.94. The first kappa shape index (κ1) is 21.8. The minimum Gasteiger partial charge on any atom is -0.322 e. The molecule has 0 atom stereocenters. The number of carbonyl (C=O) groups is 3. The van der Waals surface area contributed by atoms with E-state index in [4.69, 9.17) is 0 Å². The maximum absolute atomic E-state index is 12.7.